The van der Waals surface area contributed by atoms with Crippen LogP contribution in [-0.2, 0) is 10.1 Å². The Bertz CT molecular complexity index is 420. The summed E-state index contributed by atoms with van der Waals surface area (Å²) >= 11 is 0. The number of hydrogen-bond donors (Lipinski definition) is 2. The van der Waals surface area contributed by atoms with Crippen molar-refractivity contribution in [2.45, 2.75) is 23.8 Å². The third-order valence-electron chi connectivity index (χ3n) is 2.10. The van der Waals surface area contributed by atoms with Crippen molar-refractivity contribution >= 4 is 15.8 Å². The molecule has 0 atom stereocenters. The molecule has 0 radical (unpaired) electrons. The lowest BCUT2D eigenvalue weighted by atomic mass is 10.3. The van der Waals surface area contributed by atoms with E-state index in [2.05, 4.69) is 5.32 Å². The van der Waals surface area contributed by atoms with Gasteiger partial charge in [-0.15, -0.1) is 0 Å². The minimum absolute atomic E-state index is 0.0705. The van der Waals surface area contributed by atoms with Gasteiger partial charge >= 0.3 is 0 Å². The lowest BCUT2D eigenvalue weighted by molar-refractivity contribution is 0.483. The highest BCUT2D eigenvalue weighted by molar-refractivity contribution is 7.85. The molecule has 0 aromatic heterocycles. The van der Waals surface area contributed by atoms with Crippen LogP contribution in [0.15, 0.2) is 29.2 Å². The smallest absolute Gasteiger partial charge is 0.294 e. The zero-order valence-corrected chi connectivity index (χ0v) is 8.29. The number of nitrogens with one attached hydrogen (secondary N) is 1. The summed E-state index contributed by atoms with van der Waals surface area (Å²) in [5.41, 5.74) is 0.889. The van der Waals surface area contributed by atoms with Crippen LogP contribution in [0.5, 0.6) is 0 Å². The zero-order chi connectivity index (χ0) is 10.2. The van der Waals surface area contributed by atoms with Crippen LogP contribution in [0.3, 0.4) is 0 Å². The highest BCUT2D eigenvalue weighted by atomic mass is 32.2. The molecule has 0 bridgehead atoms. The van der Waals surface area contributed by atoms with E-state index in [0.717, 1.165) is 5.69 Å². The highest BCUT2D eigenvalue weighted by Gasteiger charge is 2.20. The van der Waals surface area contributed by atoms with Gasteiger partial charge in [-0.1, -0.05) is 0 Å². The third-order valence-corrected chi connectivity index (χ3v) is 2.97. The van der Waals surface area contributed by atoms with Gasteiger partial charge in [-0.25, -0.2) is 0 Å². The lowest BCUT2D eigenvalue weighted by Gasteiger charge is -2.04. The van der Waals surface area contributed by atoms with Crippen LogP contribution >= 0.6 is 0 Å². The van der Waals surface area contributed by atoms with Gasteiger partial charge < -0.3 is 5.32 Å². The van der Waals surface area contributed by atoms with Gasteiger partial charge in [0.05, 0.1) is 4.90 Å². The topological polar surface area (TPSA) is 66.4 Å². The van der Waals surface area contributed by atoms with Crippen molar-refractivity contribution in [2.24, 2.45) is 0 Å². The summed E-state index contributed by atoms with van der Waals surface area (Å²) in [6.45, 7) is 0. The molecule has 1 aromatic rings. The normalized spacial score (nSPS) is 16.6. The Kier molecular flexibility index (Phi) is 2.20. The van der Waals surface area contributed by atoms with E-state index < -0.39 is 10.1 Å². The van der Waals surface area contributed by atoms with Crippen LogP contribution in [-0.4, -0.2) is 19.0 Å². The summed E-state index contributed by atoms with van der Waals surface area (Å²) in [6, 6.07) is 6.62. The minimum Gasteiger partial charge on any atom is -0.382 e. The number of hydrogen-bond acceptors (Lipinski definition) is 3. The van der Waals surface area contributed by atoms with Crippen LogP contribution in [0.2, 0.25) is 0 Å². The van der Waals surface area contributed by atoms with Gasteiger partial charge in [0, 0.05) is 11.7 Å². The Morgan fingerprint density at radius 1 is 1.21 bits per heavy atom. The molecule has 2 N–H and O–H groups in total. The predicted molar refractivity (Wildman–Crippen MR) is 52.9 cm³/mol. The van der Waals surface area contributed by atoms with Gasteiger partial charge in [0.2, 0.25) is 0 Å². The third kappa shape index (κ3) is 2.24. The standard InChI is InChI=1S/C9H11NO3S/c11-14(12,13)9-5-3-8(4-6-9)10-7-1-2-7/h3-7,10H,1-2H2,(H,11,12,13). The van der Waals surface area contributed by atoms with Crippen molar-refractivity contribution in [2.75, 3.05) is 5.32 Å². The van der Waals surface area contributed by atoms with Gasteiger partial charge in [0.1, 0.15) is 0 Å². The van der Waals surface area contributed by atoms with E-state index in [1.807, 2.05) is 0 Å². The maximum atomic E-state index is 10.7. The van der Waals surface area contributed by atoms with E-state index in [-0.39, 0.29) is 4.90 Å². The monoisotopic (exact) mass is 213 g/mol. The number of anilines is 1. The van der Waals surface area contributed by atoms with Gasteiger partial charge in [0.15, 0.2) is 0 Å². The SMILES string of the molecule is O=S(=O)(O)c1ccc(NC2CC2)cc1. The second-order valence-electron chi connectivity index (χ2n) is 3.42. The molecule has 5 heteroatoms. The van der Waals surface area contributed by atoms with Gasteiger partial charge in [-0.3, -0.25) is 4.55 Å². The van der Waals surface area contributed by atoms with E-state index in [4.69, 9.17) is 4.55 Å². The molecular formula is C9H11NO3S. The van der Waals surface area contributed by atoms with Crippen LogP contribution in [0, 0.1) is 0 Å². The molecule has 0 saturated heterocycles. The Morgan fingerprint density at radius 2 is 1.79 bits per heavy atom. The predicted octanol–water partition coefficient (Wildman–Crippen LogP) is 1.51. The fourth-order valence-electron chi connectivity index (χ4n) is 1.19. The van der Waals surface area contributed by atoms with E-state index >= 15 is 0 Å². The second-order valence-corrected chi connectivity index (χ2v) is 4.84. The van der Waals surface area contributed by atoms with Gasteiger partial charge in [0.25, 0.3) is 10.1 Å². The van der Waals surface area contributed by atoms with Crippen LogP contribution in [0.4, 0.5) is 5.69 Å². The largest absolute Gasteiger partial charge is 0.382 e. The maximum Gasteiger partial charge on any atom is 0.294 e. The first-order chi connectivity index (χ1) is 6.55. The molecule has 14 heavy (non-hydrogen) atoms. The zero-order valence-electron chi connectivity index (χ0n) is 7.47. The van der Waals surface area contributed by atoms with E-state index in [1.54, 1.807) is 12.1 Å². The van der Waals surface area contributed by atoms with Crippen molar-refractivity contribution in [1.29, 1.82) is 0 Å². The Balaban J connectivity index is 2.16. The number of benzene rings is 1. The molecule has 1 aromatic carbocycles. The second kappa shape index (κ2) is 3.25. The van der Waals surface area contributed by atoms with E-state index in [9.17, 15) is 8.42 Å². The molecule has 2 rings (SSSR count). The molecule has 1 fully saturated rings. The van der Waals surface area contributed by atoms with Crippen LogP contribution < -0.4 is 5.32 Å². The van der Waals surface area contributed by atoms with Crippen molar-refractivity contribution in [3.63, 3.8) is 0 Å². The fourth-order valence-corrected chi connectivity index (χ4v) is 1.67. The summed E-state index contributed by atoms with van der Waals surface area (Å²) in [7, 11) is -4.06. The molecule has 76 valence electrons. The molecule has 0 aliphatic heterocycles. The fraction of sp³-hybridized carbons (Fsp3) is 0.333. The van der Waals surface area contributed by atoms with Gasteiger partial charge in [-0.2, -0.15) is 8.42 Å². The van der Waals surface area contributed by atoms with Crippen LogP contribution in [0.1, 0.15) is 12.8 Å². The van der Waals surface area contributed by atoms with E-state index in [0.29, 0.717) is 6.04 Å². The average Bonchev–Trinajstić information content (AvgIpc) is 2.88. The van der Waals surface area contributed by atoms with Crippen molar-refractivity contribution in [1.82, 2.24) is 0 Å². The highest BCUT2D eigenvalue weighted by Crippen LogP contribution is 2.25. The maximum absolute atomic E-state index is 10.7. The lowest BCUT2D eigenvalue weighted by Crippen LogP contribution is -2.02. The quantitative estimate of drug-likeness (QED) is 0.747. The molecule has 1 saturated carbocycles. The first-order valence-electron chi connectivity index (χ1n) is 4.40. The molecule has 4 nitrogen and oxygen atoms in total. The summed E-state index contributed by atoms with van der Waals surface area (Å²) in [5.74, 6) is 0. The van der Waals surface area contributed by atoms with Crippen molar-refractivity contribution in [3.05, 3.63) is 24.3 Å². The molecule has 1 aliphatic carbocycles. The summed E-state index contributed by atoms with van der Waals surface area (Å²) in [6.07, 6.45) is 2.33. The van der Waals surface area contributed by atoms with Gasteiger partial charge in [-0.05, 0) is 37.1 Å². The molecule has 0 heterocycles. The summed E-state index contributed by atoms with van der Waals surface area (Å²) in [5, 5.41) is 3.22. The number of rotatable bonds is 3. The molecule has 1 aliphatic rings. The Morgan fingerprint density at radius 3 is 2.21 bits per heavy atom. The first kappa shape index (κ1) is 9.48. The van der Waals surface area contributed by atoms with Crippen molar-refractivity contribution < 1.29 is 13.0 Å². The molecule has 0 unspecified atom stereocenters. The molecule has 0 amide bonds. The summed E-state index contributed by atoms with van der Waals surface area (Å²) in [4.78, 5) is -0.0705. The average molecular weight is 213 g/mol. The molecule has 0 spiro atoms. The van der Waals surface area contributed by atoms with Crippen molar-refractivity contribution in [3.8, 4) is 0 Å². The minimum atomic E-state index is -4.06. The Hall–Kier alpha value is -1.07. The first-order valence-corrected chi connectivity index (χ1v) is 5.84. The molecular weight excluding hydrogens is 202 g/mol. The Labute approximate surface area is 82.7 Å². The van der Waals surface area contributed by atoms with Crippen LogP contribution in [0.25, 0.3) is 0 Å². The van der Waals surface area contributed by atoms with E-state index in [1.165, 1.54) is 25.0 Å². The summed E-state index contributed by atoms with van der Waals surface area (Å²) < 4.78 is 30.2.